The molecule has 2 atom stereocenters. The molecular formula is C60H42F2N4. The van der Waals surface area contributed by atoms with Gasteiger partial charge < -0.3 is 19.3 Å². The van der Waals surface area contributed by atoms with E-state index in [2.05, 4.69) is 207 Å². The zero-order chi connectivity index (χ0) is 44.1. The minimum Gasteiger partial charge on any atom is -0.333 e. The lowest BCUT2D eigenvalue weighted by atomic mass is 9.91. The van der Waals surface area contributed by atoms with E-state index in [0.717, 1.165) is 78.4 Å². The van der Waals surface area contributed by atoms with E-state index in [1.165, 1.54) is 35.5 Å². The molecule has 10 aromatic rings. The van der Waals surface area contributed by atoms with E-state index in [4.69, 9.17) is 0 Å². The summed E-state index contributed by atoms with van der Waals surface area (Å²) in [6, 6.07) is 73.4. The Morgan fingerprint density at radius 2 is 0.848 bits per heavy atom. The van der Waals surface area contributed by atoms with Crippen molar-refractivity contribution in [3.05, 3.63) is 260 Å². The molecule has 0 spiro atoms. The molecule has 4 nitrogen and oxygen atoms in total. The molecule has 1 aromatic heterocycles. The fourth-order valence-corrected chi connectivity index (χ4v) is 9.99. The Labute approximate surface area is 382 Å². The van der Waals surface area contributed by atoms with Crippen LogP contribution in [0.4, 0.5) is 54.3 Å². The van der Waals surface area contributed by atoms with Gasteiger partial charge in [0.25, 0.3) is 0 Å². The highest BCUT2D eigenvalue weighted by Crippen LogP contribution is 2.50. The van der Waals surface area contributed by atoms with Gasteiger partial charge in [0.1, 0.15) is 11.6 Å². The number of benzene rings is 9. The standard InChI is InChI=1S/C60H42F2N4/c61-43-23-31-49(32-24-43)63(51-35-37-59-55(39-51)53-15-7-9-17-57(53)65(59)45-11-3-1-4-12-45)47-27-19-41(20-28-47)42-21-29-48(30-22-42)64(50-33-25-44(62)26-34-50)52-36-38-60-56(40-52)54-16-8-10-18-58(54)66(60)46-13-5-2-6-14-46/h1-40,53,57H. The Morgan fingerprint density at radius 1 is 0.379 bits per heavy atom. The first-order valence-electron chi connectivity index (χ1n) is 22.3. The lowest BCUT2D eigenvalue weighted by Crippen LogP contribution is -2.28. The second-order valence-electron chi connectivity index (χ2n) is 16.8. The van der Waals surface area contributed by atoms with Crippen LogP contribution in [0, 0.1) is 11.6 Å². The lowest BCUT2D eigenvalue weighted by Gasteiger charge is -2.28. The molecule has 2 unspecified atom stereocenters. The minimum atomic E-state index is -0.282. The maximum atomic E-state index is 14.4. The van der Waals surface area contributed by atoms with E-state index in [1.54, 1.807) is 0 Å². The molecule has 2 heterocycles. The Balaban J connectivity index is 0.893. The summed E-state index contributed by atoms with van der Waals surface area (Å²) < 4.78 is 31.0. The Kier molecular flexibility index (Phi) is 9.64. The molecule has 9 aromatic carbocycles. The van der Waals surface area contributed by atoms with Crippen molar-refractivity contribution >= 4 is 67.3 Å². The van der Waals surface area contributed by atoms with Crippen molar-refractivity contribution in [2.45, 2.75) is 12.0 Å². The Hall–Kier alpha value is -8.48. The van der Waals surface area contributed by atoms with Crippen molar-refractivity contribution < 1.29 is 8.78 Å². The molecule has 1 aliphatic heterocycles. The third kappa shape index (κ3) is 6.82. The van der Waals surface area contributed by atoms with Gasteiger partial charge in [-0.15, -0.1) is 0 Å². The second-order valence-corrected chi connectivity index (χ2v) is 16.8. The van der Waals surface area contributed by atoms with Crippen LogP contribution in [0.25, 0.3) is 38.6 Å². The monoisotopic (exact) mass is 856 g/mol. The van der Waals surface area contributed by atoms with Gasteiger partial charge >= 0.3 is 0 Å². The molecule has 0 radical (unpaired) electrons. The van der Waals surface area contributed by atoms with E-state index < -0.39 is 0 Å². The molecule has 6 heteroatoms. The Morgan fingerprint density at radius 3 is 1.45 bits per heavy atom. The Bertz CT molecular complexity index is 3430. The second kappa shape index (κ2) is 16.3. The zero-order valence-electron chi connectivity index (χ0n) is 35.8. The summed E-state index contributed by atoms with van der Waals surface area (Å²) in [4.78, 5) is 6.80. The average molecular weight is 857 g/mol. The van der Waals surface area contributed by atoms with E-state index >= 15 is 0 Å². The lowest BCUT2D eigenvalue weighted by molar-refractivity contribution is 0.627. The van der Waals surface area contributed by atoms with Crippen molar-refractivity contribution in [2.75, 3.05) is 14.7 Å². The van der Waals surface area contributed by atoms with Gasteiger partial charge in [-0.1, -0.05) is 103 Å². The first kappa shape index (κ1) is 39.1. The van der Waals surface area contributed by atoms with E-state index in [0.29, 0.717) is 0 Å². The van der Waals surface area contributed by atoms with Gasteiger partial charge in [-0.25, -0.2) is 8.78 Å². The highest BCUT2D eigenvalue weighted by molar-refractivity contribution is 6.10. The summed E-state index contributed by atoms with van der Waals surface area (Å²) >= 11 is 0. The quantitative estimate of drug-likeness (QED) is 0.144. The predicted octanol–water partition coefficient (Wildman–Crippen LogP) is 16.4. The molecule has 1 aliphatic carbocycles. The first-order valence-corrected chi connectivity index (χ1v) is 22.3. The molecular weight excluding hydrogens is 815 g/mol. The highest BCUT2D eigenvalue weighted by Gasteiger charge is 2.38. The number of rotatable bonds is 9. The summed E-state index contributed by atoms with van der Waals surface area (Å²) in [5.74, 6) is -0.370. The van der Waals surface area contributed by atoms with Crippen LogP contribution in [-0.2, 0) is 0 Å². The first-order chi connectivity index (χ1) is 32.6. The molecule has 66 heavy (non-hydrogen) atoms. The van der Waals surface area contributed by atoms with E-state index in [-0.39, 0.29) is 23.6 Å². The SMILES string of the molecule is Fc1ccc(N(c2ccc(-c3ccc(N(c4ccc(F)cc4)c4ccc5c(c4)c4ccccc4n5-c4ccccc4)cc3)cc2)c2ccc3c(c2)C2C=CC=CC2N3c2ccccc2)cc1. The third-order valence-corrected chi connectivity index (χ3v) is 13.0. The third-order valence-electron chi connectivity index (χ3n) is 13.0. The summed E-state index contributed by atoms with van der Waals surface area (Å²) in [6.07, 6.45) is 8.85. The fraction of sp³-hybridized carbons (Fsp3) is 0.0333. The molecule has 0 N–H and O–H groups in total. The number of allylic oxidation sites excluding steroid dienone is 2. The molecule has 0 amide bonds. The van der Waals surface area contributed by atoms with Crippen molar-refractivity contribution in [2.24, 2.45) is 0 Å². The average Bonchev–Trinajstić information content (AvgIpc) is 3.89. The van der Waals surface area contributed by atoms with Crippen LogP contribution in [0.1, 0.15) is 11.5 Å². The smallest absolute Gasteiger partial charge is 0.123 e. The van der Waals surface area contributed by atoms with E-state index in [9.17, 15) is 8.78 Å². The molecule has 0 bridgehead atoms. The number of para-hydroxylation sites is 3. The van der Waals surface area contributed by atoms with Crippen LogP contribution in [0.3, 0.4) is 0 Å². The zero-order valence-corrected chi connectivity index (χ0v) is 35.8. The molecule has 2 aliphatic rings. The van der Waals surface area contributed by atoms with Crippen LogP contribution >= 0.6 is 0 Å². The summed E-state index contributed by atoms with van der Waals surface area (Å²) in [7, 11) is 0. The maximum absolute atomic E-state index is 14.4. The van der Waals surface area contributed by atoms with Crippen LogP contribution < -0.4 is 14.7 Å². The molecule has 12 rings (SSSR count). The minimum absolute atomic E-state index is 0.173. The number of fused-ring (bicyclic) bond motifs is 6. The van der Waals surface area contributed by atoms with Gasteiger partial charge in [-0.2, -0.15) is 0 Å². The van der Waals surface area contributed by atoms with Gasteiger partial charge in [0, 0.05) is 67.9 Å². The topological polar surface area (TPSA) is 14.7 Å². The van der Waals surface area contributed by atoms with E-state index in [1.807, 2.05) is 30.3 Å². The molecule has 316 valence electrons. The van der Waals surface area contributed by atoms with Gasteiger partial charge in [-0.05, 0) is 156 Å². The maximum Gasteiger partial charge on any atom is 0.123 e. The number of halogens is 2. The van der Waals surface area contributed by atoms with Gasteiger partial charge in [0.05, 0.1) is 17.1 Å². The van der Waals surface area contributed by atoms with Crippen LogP contribution in [-0.4, -0.2) is 10.6 Å². The molecule has 0 saturated carbocycles. The van der Waals surface area contributed by atoms with Gasteiger partial charge in [0.15, 0.2) is 0 Å². The van der Waals surface area contributed by atoms with Crippen LogP contribution in [0.2, 0.25) is 0 Å². The number of aromatic nitrogens is 1. The van der Waals surface area contributed by atoms with Crippen molar-refractivity contribution in [3.8, 4) is 16.8 Å². The highest BCUT2D eigenvalue weighted by atomic mass is 19.1. The summed E-state index contributed by atoms with van der Waals surface area (Å²) in [5.41, 5.74) is 14.6. The summed E-state index contributed by atoms with van der Waals surface area (Å²) in [5, 5.41) is 2.29. The van der Waals surface area contributed by atoms with Crippen molar-refractivity contribution in [3.63, 3.8) is 0 Å². The largest absolute Gasteiger partial charge is 0.333 e. The van der Waals surface area contributed by atoms with Gasteiger partial charge in [-0.3, -0.25) is 0 Å². The van der Waals surface area contributed by atoms with Crippen molar-refractivity contribution in [1.29, 1.82) is 0 Å². The normalized spacial score (nSPS) is 15.0. The number of nitrogens with zero attached hydrogens (tertiary/aromatic N) is 4. The van der Waals surface area contributed by atoms with Crippen LogP contribution in [0.15, 0.2) is 243 Å². The number of anilines is 8. The fourth-order valence-electron chi connectivity index (χ4n) is 9.99. The van der Waals surface area contributed by atoms with Gasteiger partial charge in [0.2, 0.25) is 0 Å². The predicted molar refractivity (Wildman–Crippen MR) is 269 cm³/mol. The molecule has 0 fully saturated rings. The number of hydrogen-bond donors (Lipinski definition) is 0. The molecule has 0 saturated heterocycles. The van der Waals surface area contributed by atoms with Crippen LogP contribution in [0.5, 0.6) is 0 Å². The van der Waals surface area contributed by atoms with Crippen molar-refractivity contribution in [1.82, 2.24) is 4.57 Å². The number of hydrogen-bond acceptors (Lipinski definition) is 3. The summed E-state index contributed by atoms with van der Waals surface area (Å²) in [6.45, 7) is 0.